The number of ether oxygens (including phenoxy) is 1. The van der Waals surface area contributed by atoms with Gasteiger partial charge >= 0.3 is 0 Å². The van der Waals surface area contributed by atoms with Gasteiger partial charge in [0.2, 0.25) is 0 Å². The molecule has 0 N–H and O–H groups in total. The third-order valence-corrected chi connectivity index (χ3v) is 2.37. The molecule has 0 aromatic carbocycles. The van der Waals surface area contributed by atoms with E-state index in [-0.39, 0.29) is 0 Å². The van der Waals surface area contributed by atoms with E-state index in [0.29, 0.717) is 6.10 Å². The fraction of sp³-hybridized carbons (Fsp3) is 1.00. The van der Waals surface area contributed by atoms with Crippen LogP contribution in [0.2, 0.25) is 0 Å². The number of hydrogen-bond acceptors (Lipinski definition) is 1. The summed E-state index contributed by atoms with van der Waals surface area (Å²) >= 11 is 0. The van der Waals surface area contributed by atoms with Gasteiger partial charge in [-0.25, -0.2) is 0 Å². The highest BCUT2D eigenvalue weighted by atomic mass is 16.5. The fourth-order valence-corrected chi connectivity index (χ4v) is 1.56. The topological polar surface area (TPSA) is 9.23 Å². The summed E-state index contributed by atoms with van der Waals surface area (Å²) in [5.74, 6) is 0. The quantitative estimate of drug-likeness (QED) is 0.567. The lowest BCUT2D eigenvalue weighted by Gasteiger charge is -2.29. The summed E-state index contributed by atoms with van der Waals surface area (Å²) in [6, 6.07) is 0. The summed E-state index contributed by atoms with van der Waals surface area (Å²) < 4.78 is 6.72. The molecule has 1 fully saturated rings. The first kappa shape index (κ1) is 9.01. The smallest absolute Gasteiger partial charge is 0.183 e. The molecule has 1 heterocycles. The van der Waals surface area contributed by atoms with Crippen molar-refractivity contribution in [1.29, 1.82) is 0 Å². The molecule has 0 aromatic rings. The van der Waals surface area contributed by atoms with Crippen molar-refractivity contribution in [3.8, 4) is 0 Å². The normalized spacial score (nSPS) is 22.9. The summed E-state index contributed by atoms with van der Waals surface area (Å²) in [5.41, 5.74) is 0. The minimum absolute atomic E-state index is 0.380. The lowest BCUT2D eigenvalue weighted by molar-refractivity contribution is -0.917. The lowest BCUT2D eigenvalue weighted by atomic mass is 10.4. The lowest BCUT2D eigenvalue weighted by Crippen LogP contribution is -2.43. The van der Waals surface area contributed by atoms with Gasteiger partial charge in [-0.3, -0.25) is 0 Å². The van der Waals surface area contributed by atoms with Gasteiger partial charge in [0.1, 0.15) is 0 Å². The van der Waals surface area contributed by atoms with Gasteiger partial charge in [-0.15, -0.1) is 0 Å². The monoisotopic (exact) mass is 158 g/mol. The average molecular weight is 158 g/mol. The van der Waals surface area contributed by atoms with E-state index < -0.39 is 0 Å². The van der Waals surface area contributed by atoms with Crippen LogP contribution in [0, 0.1) is 0 Å². The van der Waals surface area contributed by atoms with E-state index in [9.17, 15) is 0 Å². The maximum Gasteiger partial charge on any atom is 0.183 e. The summed E-state index contributed by atoms with van der Waals surface area (Å²) in [5, 5.41) is 0. The Morgan fingerprint density at radius 3 is 2.27 bits per heavy atom. The number of quaternary nitrogens is 1. The molecule has 1 rings (SSSR count). The van der Waals surface area contributed by atoms with Gasteiger partial charge < -0.3 is 9.22 Å². The molecule has 1 aliphatic rings. The molecular weight excluding hydrogens is 138 g/mol. The van der Waals surface area contributed by atoms with Crippen molar-refractivity contribution in [3.63, 3.8) is 0 Å². The van der Waals surface area contributed by atoms with Crippen molar-refractivity contribution in [2.75, 3.05) is 26.9 Å². The first-order chi connectivity index (χ1) is 5.12. The summed E-state index contributed by atoms with van der Waals surface area (Å²) in [6.45, 7) is 7.70. The van der Waals surface area contributed by atoms with Gasteiger partial charge in [-0.2, -0.15) is 0 Å². The zero-order chi connectivity index (χ0) is 8.32. The van der Waals surface area contributed by atoms with E-state index in [1.165, 1.54) is 25.9 Å². The minimum Gasteiger partial charge on any atom is -0.329 e. The van der Waals surface area contributed by atoms with E-state index in [1.54, 1.807) is 0 Å². The third kappa shape index (κ3) is 2.80. The molecule has 0 saturated carbocycles. The molecule has 1 aliphatic heterocycles. The fourth-order valence-electron chi connectivity index (χ4n) is 1.56. The molecule has 0 atom stereocenters. The molecule has 66 valence electrons. The Balaban J connectivity index is 2.23. The Hall–Kier alpha value is -0.0800. The van der Waals surface area contributed by atoms with E-state index in [4.69, 9.17) is 4.74 Å². The van der Waals surface area contributed by atoms with Gasteiger partial charge in [-0.05, 0) is 13.8 Å². The van der Waals surface area contributed by atoms with Gasteiger partial charge in [0.25, 0.3) is 0 Å². The maximum atomic E-state index is 5.60. The molecular formula is C9H20NO+. The second-order valence-corrected chi connectivity index (χ2v) is 4.12. The van der Waals surface area contributed by atoms with Crippen molar-refractivity contribution in [3.05, 3.63) is 0 Å². The highest BCUT2D eigenvalue weighted by Crippen LogP contribution is 2.16. The van der Waals surface area contributed by atoms with Crippen LogP contribution in [0.1, 0.15) is 26.7 Å². The van der Waals surface area contributed by atoms with Crippen LogP contribution in [0.15, 0.2) is 0 Å². The summed E-state index contributed by atoms with van der Waals surface area (Å²) in [4.78, 5) is 0. The average Bonchev–Trinajstić information content (AvgIpc) is 2.33. The van der Waals surface area contributed by atoms with E-state index >= 15 is 0 Å². The molecule has 2 heteroatoms. The van der Waals surface area contributed by atoms with Gasteiger partial charge in [0.05, 0.1) is 26.2 Å². The number of likely N-dealkylation sites (tertiary alicyclic amines) is 1. The largest absolute Gasteiger partial charge is 0.329 e. The second-order valence-electron chi connectivity index (χ2n) is 4.12. The van der Waals surface area contributed by atoms with Crippen LogP contribution in [0.25, 0.3) is 0 Å². The second kappa shape index (κ2) is 3.55. The molecule has 1 saturated heterocycles. The standard InChI is InChI=1S/C9H20NO/c1-9(2)11-8-10(3)6-4-5-7-10/h9H,4-8H2,1-3H3/q+1. The van der Waals surface area contributed by atoms with Crippen molar-refractivity contribution in [2.45, 2.75) is 32.8 Å². The van der Waals surface area contributed by atoms with Crippen LogP contribution in [-0.4, -0.2) is 37.5 Å². The van der Waals surface area contributed by atoms with Crippen molar-refractivity contribution in [2.24, 2.45) is 0 Å². The Morgan fingerprint density at radius 1 is 1.27 bits per heavy atom. The minimum atomic E-state index is 0.380. The maximum absolute atomic E-state index is 5.60. The van der Waals surface area contributed by atoms with Crippen LogP contribution in [-0.2, 0) is 4.74 Å². The van der Waals surface area contributed by atoms with Crippen molar-refractivity contribution in [1.82, 2.24) is 0 Å². The molecule has 0 unspecified atom stereocenters. The van der Waals surface area contributed by atoms with E-state index in [0.717, 1.165) is 11.2 Å². The number of hydrogen-bond donors (Lipinski definition) is 0. The molecule has 0 spiro atoms. The zero-order valence-electron chi connectivity index (χ0n) is 7.97. The van der Waals surface area contributed by atoms with Gasteiger partial charge in [-0.1, -0.05) is 0 Å². The Morgan fingerprint density at radius 2 is 1.82 bits per heavy atom. The SMILES string of the molecule is CC(C)OC[N+]1(C)CCCC1. The number of rotatable bonds is 3. The molecule has 0 radical (unpaired) electrons. The van der Waals surface area contributed by atoms with Crippen molar-refractivity contribution < 1.29 is 9.22 Å². The zero-order valence-corrected chi connectivity index (χ0v) is 7.97. The Bertz CT molecular complexity index is 117. The van der Waals surface area contributed by atoms with Gasteiger partial charge in [0.15, 0.2) is 6.73 Å². The van der Waals surface area contributed by atoms with Crippen LogP contribution in [0.3, 0.4) is 0 Å². The first-order valence-electron chi connectivity index (χ1n) is 4.57. The first-order valence-corrected chi connectivity index (χ1v) is 4.57. The molecule has 11 heavy (non-hydrogen) atoms. The number of nitrogens with zero attached hydrogens (tertiary/aromatic N) is 1. The van der Waals surface area contributed by atoms with Gasteiger partial charge in [0, 0.05) is 12.8 Å². The Kier molecular flexibility index (Phi) is 2.90. The van der Waals surface area contributed by atoms with Crippen LogP contribution in [0.5, 0.6) is 0 Å². The third-order valence-electron chi connectivity index (χ3n) is 2.37. The highest BCUT2D eigenvalue weighted by molar-refractivity contribution is 4.49. The van der Waals surface area contributed by atoms with Crippen molar-refractivity contribution >= 4 is 0 Å². The summed E-state index contributed by atoms with van der Waals surface area (Å²) in [7, 11) is 2.29. The van der Waals surface area contributed by atoms with E-state index in [2.05, 4.69) is 20.9 Å². The molecule has 0 amide bonds. The van der Waals surface area contributed by atoms with Crippen LogP contribution >= 0.6 is 0 Å². The predicted octanol–water partition coefficient (Wildman–Crippen LogP) is 1.61. The highest BCUT2D eigenvalue weighted by Gasteiger charge is 2.26. The Labute approximate surface area is 69.7 Å². The van der Waals surface area contributed by atoms with Crippen LogP contribution < -0.4 is 0 Å². The van der Waals surface area contributed by atoms with E-state index in [1.807, 2.05) is 0 Å². The molecule has 2 nitrogen and oxygen atoms in total. The molecule has 0 bridgehead atoms. The van der Waals surface area contributed by atoms with Crippen LogP contribution in [0.4, 0.5) is 0 Å². The molecule has 0 aromatic heterocycles. The molecule has 0 aliphatic carbocycles. The summed E-state index contributed by atoms with van der Waals surface area (Å²) in [6.07, 6.45) is 3.13. The predicted molar refractivity (Wildman–Crippen MR) is 46.2 cm³/mol.